The summed E-state index contributed by atoms with van der Waals surface area (Å²) in [5.74, 6) is -0.497. The zero-order chi connectivity index (χ0) is 17.1. The van der Waals surface area contributed by atoms with E-state index in [2.05, 4.69) is 0 Å². The standard InChI is InChI=1S/C19H18O5/c1-12(2)23-17-15-10-14(22-11-13-6-4-3-5-7-13)8-9-16(15)24-18(17)19(20)21/h3-10,12H,11H2,1-2H3,(H,20,21). The summed E-state index contributed by atoms with van der Waals surface area (Å²) in [5, 5.41) is 9.89. The Balaban J connectivity index is 1.92. The molecular formula is C19H18O5. The average molecular weight is 326 g/mol. The van der Waals surface area contributed by atoms with Crippen molar-refractivity contribution < 1.29 is 23.8 Å². The Labute approximate surface area is 139 Å². The number of rotatable bonds is 6. The number of hydrogen-bond acceptors (Lipinski definition) is 4. The van der Waals surface area contributed by atoms with Crippen LogP contribution in [0.2, 0.25) is 0 Å². The molecule has 0 aliphatic rings. The van der Waals surface area contributed by atoms with Gasteiger partial charge in [0.2, 0.25) is 0 Å². The van der Waals surface area contributed by atoms with Gasteiger partial charge in [0.1, 0.15) is 17.9 Å². The molecular weight excluding hydrogens is 308 g/mol. The smallest absolute Gasteiger partial charge is 0.375 e. The lowest BCUT2D eigenvalue weighted by molar-refractivity contribution is 0.0656. The molecule has 124 valence electrons. The average Bonchev–Trinajstić information content (AvgIpc) is 2.91. The molecule has 0 amide bonds. The number of carbonyl (C=O) groups is 1. The largest absolute Gasteiger partial charge is 0.489 e. The Morgan fingerprint density at radius 2 is 1.92 bits per heavy atom. The molecule has 1 heterocycles. The van der Waals surface area contributed by atoms with E-state index in [1.54, 1.807) is 18.2 Å². The van der Waals surface area contributed by atoms with Gasteiger partial charge in [-0.2, -0.15) is 0 Å². The molecule has 3 aromatic rings. The summed E-state index contributed by atoms with van der Waals surface area (Å²) < 4.78 is 16.8. The first-order valence-electron chi connectivity index (χ1n) is 7.68. The molecule has 24 heavy (non-hydrogen) atoms. The predicted molar refractivity (Wildman–Crippen MR) is 89.7 cm³/mol. The maximum absolute atomic E-state index is 11.4. The van der Waals surface area contributed by atoms with E-state index in [1.807, 2.05) is 44.2 Å². The minimum atomic E-state index is -1.16. The first-order chi connectivity index (χ1) is 11.5. The van der Waals surface area contributed by atoms with Crippen LogP contribution in [0.1, 0.15) is 30.0 Å². The summed E-state index contributed by atoms with van der Waals surface area (Å²) in [6.45, 7) is 4.09. The molecule has 5 heteroatoms. The summed E-state index contributed by atoms with van der Waals surface area (Å²) in [7, 11) is 0. The molecule has 0 unspecified atom stereocenters. The third kappa shape index (κ3) is 3.35. The van der Waals surface area contributed by atoms with Gasteiger partial charge in [0.05, 0.1) is 11.5 Å². The summed E-state index contributed by atoms with van der Waals surface area (Å²) in [6, 6.07) is 15.0. The zero-order valence-corrected chi connectivity index (χ0v) is 13.5. The van der Waals surface area contributed by atoms with Crippen molar-refractivity contribution in [2.45, 2.75) is 26.6 Å². The van der Waals surface area contributed by atoms with E-state index in [9.17, 15) is 9.90 Å². The van der Waals surface area contributed by atoms with Gasteiger partial charge in [-0.3, -0.25) is 0 Å². The van der Waals surface area contributed by atoms with Crippen molar-refractivity contribution in [2.75, 3.05) is 0 Å². The summed E-state index contributed by atoms with van der Waals surface area (Å²) >= 11 is 0. The summed E-state index contributed by atoms with van der Waals surface area (Å²) in [6.07, 6.45) is -0.169. The Morgan fingerprint density at radius 1 is 1.17 bits per heavy atom. The fourth-order valence-corrected chi connectivity index (χ4v) is 2.38. The second kappa shape index (κ2) is 6.66. The van der Waals surface area contributed by atoms with Gasteiger partial charge in [-0.15, -0.1) is 0 Å². The van der Waals surface area contributed by atoms with Crippen LogP contribution in [0.3, 0.4) is 0 Å². The molecule has 1 aromatic heterocycles. The van der Waals surface area contributed by atoms with Crippen molar-refractivity contribution in [3.05, 3.63) is 59.9 Å². The van der Waals surface area contributed by atoms with Crippen LogP contribution in [0, 0.1) is 0 Å². The van der Waals surface area contributed by atoms with Crippen LogP contribution < -0.4 is 9.47 Å². The molecule has 0 fully saturated rings. The number of fused-ring (bicyclic) bond motifs is 1. The maximum Gasteiger partial charge on any atom is 0.375 e. The van der Waals surface area contributed by atoms with Gasteiger partial charge < -0.3 is 19.0 Å². The Morgan fingerprint density at radius 3 is 2.58 bits per heavy atom. The van der Waals surface area contributed by atoms with E-state index >= 15 is 0 Å². The van der Waals surface area contributed by atoms with Gasteiger partial charge in [-0.1, -0.05) is 30.3 Å². The van der Waals surface area contributed by atoms with Gasteiger partial charge in [-0.05, 0) is 37.6 Å². The van der Waals surface area contributed by atoms with E-state index in [4.69, 9.17) is 13.9 Å². The Hall–Kier alpha value is -2.95. The quantitative estimate of drug-likeness (QED) is 0.722. The number of carboxylic acids is 1. The fraction of sp³-hybridized carbons (Fsp3) is 0.211. The SMILES string of the molecule is CC(C)Oc1c(C(=O)O)oc2ccc(OCc3ccccc3)cc12. The lowest BCUT2D eigenvalue weighted by Gasteiger charge is -2.09. The van der Waals surface area contributed by atoms with Gasteiger partial charge >= 0.3 is 5.97 Å². The Bertz CT molecular complexity index is 849. The molecule has 0 aliphatic carbocycles. The van der Waals surface area contributed by atoms with E-state index < -0.39 is 5.97 Å². The number of ether oxygens (including phenoxy) is 2. The zero-order valence-electron chi connectivity index (χ0n) is 13.5. The molecule has 0 spiro atoms. The second-order valence-electron chi connectivity index (χ2n) is 5.66. The van der Waals surface area contributed by atoms with Gasteiger partial charge in [0.25, 0.3) is 5.76 Å². The lowest BCUT2D eigenvalue weighted by atomic mass is 10.2. The first-order valence-corrected chi connectivity index (χ1v) is 7.68. The van der Waals surface area contributed by atoms with Crippen molar-refractivity contribution in [1.82, 2.24) is 0 Å². The molecule has 0 bridgehead atoms. The minimum absolute atomic E-state index is 0.169. The van der Waals surface area contributed by atoms with Gasteiger partial charge in [-0.25, -0.2) is 4.79 Å². The van der Waals surface area contributed by atoms with E-state index in [0.717, 1.165) is 5.56 Å². The van der Waals surface area contributed by atoms with Crippen molar-refractivity contribution in [3.63, 3.8) is 0 Å². The van der Waals surface area contributed by atoms with Gasteiger partial charge in [0.15, 0.2) is 5.75 Å². The number of benzene rings is 2. The van der Waals surface area contributed by atoms with Crippen LogP contribution in [-0.4, -0.2) is 17.2 Å². The number of aromatic carboxylic acids is 1. The van der Waals surface area contributed by atoms with E-state index in [-0.39, 0.29) is 17.6 Å². The highest BCUT2D eigenvalue weighted by atomic mass is 16.5. The summed E-state index contributed by atoms with van der Waals surface area (Å²) in [4.78, 5) is 11.4. The van der Waals surface area contributed by atoms with Crippen LogP contribution in [-0.2, 0) is 6.61 Å². The van der Waals surface area contributed by atoms with Crippen molar-refractivity contribution in [1.29, 1.82) is 0 Å². The molecule has 3 rings (SSSR count). The number of hydrogen-bond donors (Lipinski definition) is 1. The first kappa shape index (κ1) is 15.9. The van der Waals surface area contributed by atoms with Gasteiger partial charge in [0, 0.05) is 0 Å². The van der Waals surface area contributed by atoms with Crippen molar-refractivity contribution >= 4 is 16.9 Å². The molecule has 0 radical (unpaired) electrons. The molecule has 0 saturated carbocycles. The lowest BCUT2D eigenvalue weighted by Crippen LogP contribution is -2.08. The third-order valence-corrected chi connectivity index (χ3v) is 3.41. The predicted octanol–water partition coefficient (Wildman–Crippen LogP) is 4.50. The monoisotopic (exact) mass is 326 g/mol. The fourth-order valence-electron chi connectivity index (χ4n) is 2.38. The number of carboxylic acid groups (broad SMARTS) is 1. The third-order valence-electron chi connectivity index (χ3n) is 3.41. The summed E-state index contributed by atoms with van der Waals surface area (Å²) in [5.41, 5.74) is 1.50. The van der Waals surface area contributed by atoms with E-state index in [0.29, 0.717) is 23.3 Å². The van der Waals surface area contributed by atoms with Crippen LogP contribution >= 0.6 is 0 Å². The molecule has 2 aromatic carbocycles. The maximum atomic E-state index is 11.4. The van der Waals surface area contributed by atoms with Crippen molar-refractivity contribution in [2.24, 2.45) is 0 Å². The molecule has 1 N–H and O–H groups in total. The normalized spacial score (nSPS) is 11.0. The molecule has 0 atom stereocenters. The van der Waals surface area contributed by atoms with Crippen LogP contribution in [0.4, 0.5) is 0 Å². The topological polar surface area (TPSA) is 68.9 Å². The van der Waals surface area contributed by atoms with Crippen LogP contribution in [0.25, 0.3) is 11.0 Å². The second-order valence-corrected chi connectivity index (χ2v) is 5.66. The minimum Gasteiger partial charge on any atom is -0.489 e. The molecule has 5 nitrogen and oxygen atoms in total. The highest BCUT2D eigenvalue weighted by Crippen LogP contribution is 2.36. The highest BCUT2D eigenvalue weighted by molar-refractivity contribution is 5.98. The highest BCUT2D eigenvalue weighted by Gasteiger charge is 2.22. The Kier molecular flexibility index (Phi) is 4.42. The van der Waals surface area contributed by atoms with Crippen LogP contribution in [0.15, 0.2) is 52.9 Å². The van der Waals surface area contributed by atoms with Crippen LogP contribution in [0.5, 0.6) is 11.5 Å². The van der Waals surface area contributed by atoms with E-state index in [1.165, 1.54) is 0 Å². The molecule has 0 saturated heterocycles. The number of furan rings is 1. The van der Waals surface area contributed by atoms with Crippen molar-refractivity contribution in [3.8, 4) is 11.5 Å². The molecule has 0 aliphatic heterocycles.